The minimum atomic E-state index is -5.04. The maximum absolute atomic E-state index is 14.3. The van der Waals surface area contributed by atoms with E-state index in [1.165, 1.54) is 9.80 Å². The lowest BCUT2D eigenvalue weighted by atomic mass is 9.96. The third-order valence-electron chi connectivity index (χ3n) is 7.82. The first-order chi connectivity index (χ1) is 21.4. The standard InChI is InChI=1S/C29H34Cl2F3N5O6S/c1-5-17(4)35-28(42)36-22-14-38(46(43,44)24-11-10-20(13-21(24)31)45-29(32,33)34)25-15-37(16(2)3)27(41)23(39(25)26(22)40)12-18-6-8-19(30)9-7-18/h6-11,13,16-17,22-23,25H,5,12,14-15H2,1-4H3,(H2,35,36,42). The number of hydrogen-bond donors (Lipinski definition) is 2. The van der Waals surface area contributed by atoms with Crippen LogP contribution in [0.4, 0.5) is 18.0 Å². The Morgan fingerprint density at radius 1 is 1.04 bits per heavy atom. The predicted octanol–water partition coefficient (Wildman–Crippen LogP) is 4.38. The van der Waals surface area contributed by atoms with Crippen LogP contribution in [0.25, 0.3) is 0 Å². The number of piperazine rings is 1. The van der Waals surface area contributed by atoms with Crippen molar-refractivity contribution in [3.8, 4) is 5.75 Å². The molecule has 4 rings (SSSR count). The second kappa shape index (κ2) is 13.8. The van der Waals surface area contributed by atoms with Crippen LogP contribution in [0.5, 0.6) is 5.75 Å². The Hall–Kier alpha value is -3.27. The van der Waals surface area contributed by atoms with E-state index in [1.807, 2.05) is 6.92 Å². The number of amides is 4. The van der Waals surface area contributed by atoms with E-state index in [4.69, 9.17) is 23.2 Å². The molecule has 0 aromatic heterocycles. The van der Waals surface area contributed by atoms with Gasteiger partial charge in [0.1, 0.15) is 28.9 Å². The molecule has 2 heterocycles. The maximum Gasteiger partial charge on any atom is 0.573 e. The minimum Gasteiger partial charge on any atom is -0.406 e. The fourth-order valence-corrected chi connectivity index (χ4v) is 7.58. The number of benzene rings is 2. The molecule has 2 aromatic rings. The van der Waals surface area contributed by atoms with Crippen LogP contribution in [-0.4, -0.2) is 90.2 Å². The van der Waals surface area contributed by atoms with Gasteiger partial charge in [0.05, 0.1) is 11.6 Å². The fourth-order valence-electron chi connectivity index (χ4n) is 5.36. The molecule has 0 spiro atoms. The number of ether oxygens (including phenoxy) is 1. The van der Waals surface area contributed by atoms with Crippen LogP contribution < -0.4 is 15.4 Å². The van der Waals surface area contributed by atoms with Crippen LogP contribution in [0.1, 0.15) is 39.7 Å². The number of alkyl halides is 3. The number of sulfonamides is 1. The van der Waals surface area contributed by atoms with Crippen molar-refractivity contribution >= 4 is 51.1 Å². The summed E-state index contributed by atoms with van der Waals surface area (Å²) in [4.78, 5) is 42.9. The predicted molar refractivity (Wildman–Crippen MR) is 164 cm³/mol. The summed E-state index contributed by atoms with van der Waals surface area (Å²) >= 11 is 12.3. The van der Waals surface area contributed by atoms with E-state index < -0.39 is 74.7 Å². The van der Waals surface area contributed by atoms with Gasteiger partial charge in [-0.15, -0.1) is 13.2 Å². The zero-order valence-corrected chi connectivity index (χ0v) is 27.7. The molecule has 0 bridgehead atoms. The summed E-state index contributed by atoms with van der Waals surface area (Å²) in [7, 11) is -4.67. The molecule has 2 fully saturated rings. The number of carbonyl (C=O) groups excluding carboxylic acids is 3. The number of nitrogens with zero attached hydrogens (tertiary/aromatic N) is 3. The molecule has 17 heteroatoms. The molecule has 2 aliphatic heterocycles. The normalized spacial score (nSPS) is 21.7. The molecular formula is C29H34Cl2F3N5O6S. The third-order valence-corrected chi connectivity index (χ3v) is 10.4. The topological polar surface area (TPSA) is 128 Å². The van der Waals surface area contributed by atoms with Crippen molar-refractivity contribution in [2.75, 3.05) is 13.1 Å². The highest BCUT2D eigenvalue weighted by Crippen LogP contribution is 2.36. The van der Waals surface area contributed by atoms with Gasteiger partial charge in [0.25, 0.3) is 0 Å². The highest BCUT2D eigenvalue weighted by atomic mass is 35.5. The first kappa shape index (κ1) is 35.6. The second-order valence-corrected chi connectivity index (χ2v) is 14.1. The highest BCUT2D eigenvalue weighted by molar-refractivity contribution is 7.89. The molecule has 46 heavy (non-hydrogen) atoms. The van der Waals surface area contributed by atoms with Gasteiger partial charge in [-0.25, -0.2) is 13.2 Å². The molecule has 4 amide bonds. The van der Waals surface area contributed by atoms with Crippen molar-refractivity contribution in [1.82, 2.24) is 24.7 Å². The van der Waals surface area contributed by atoms with Gasteiger partial charge in [0, 0.05) is 36.1 Å². The molecule has 4 atom stereocenters. The smallest absolute Gasteiger partial charge is 0.406 e. The van der Waals surface area contributed by atoms with Crippen molar-refractivity contribution in [1.29, 1.82) is 0 Å². The molecule has 0 radical (unpaired) electrons. The number of halogens is 5. The van der Waals surface area contributed by atoms with Crippen molar-refractivity contribution in [3.63, 3.8) is 0 Å². The van der Waals surface area contributed by atoms with Gasteiger partial charge >= 0.3 is 12.4 Å². The number of hydrogen-bond acceptors (Lipinski definition) is 6. The molecule has 2 saturated heterocycles. The van der Waals surface area contributed by atoms with Gasteiger partial charge in [-0.1, -0.05) is 42.3 Å². The summed E-state index contributed by atoms with van der Waals surface area (Å²) in [5, 5.41) is 5.11. The number of carbonyl (C=O) groups is 3. The molecule has 2 aromatic carbocycles. The van der Waals surface area contributed by atoms with Crippen molar-refractivity contribution in [2.24, 2.45) is 0 Å². The molecule has 0 saturated carbocycles. The lowest BCUT2D eigenvalue weighted by molar-refractivity contribution is -0.274. The van der Waals surface area contributed by atoms with E-state index in [2.05, 4.69) is 15.4 Å². The average Bonchev–Trinajstić information content (AvgIpc) is 2.95. The van der Waals surface area contributed by atoms with E-state index >= 15 is 0 Å². The zero-order valence-electron chi connectivity index (χ0n) is 25.3. The molecule has 4 unspecified atom stereocenters. The lowest BCUT2D eigenvalue weighted by Gasteiger charge is -2.54. The van der Waals surface area contributed by atoms with Crippen LogP contribution >= 0.6 is 23.2 Å². The number of rotatable bonds is 9. The molecule has 252 valence electrons. The average molecular weight is 709 g/mol. The summed E-state index contributed by atoms with van der Waals surface area (Å²) in [6, 6.07) is 5.03. The first-order valence-corrected chi connectivity index (χ1v) is 16.6. The Labute approximate surface area is 275 Å². The van der Waals surface area contributed by atoms with E-state index in [0.29, 0.717) is 17.0 Å². The number of urea groups is 1. The van der Waals surface area contributed by atoms with Crippen molar-refractivity contribution in [2.45, 2.75) is 82.1 Å². The fraction of sp³-hybridized carbons (Fsp3) is 0.483. The molecule has 2 aliphatic rings. The van der Waals surface area contributed by atoms with Gasteiger partial charge in [-0.05, 0) is 57.0 Å². The van der Waals surface area contributed by atoms with E-state index in [-0.39, 0.29) is 25.0 Å². The zero-order chi connectivity index (χ0) is 34.1. The van der Waals surface area contributed by atoms with Gasteiger partial charge in [0.15, 0.2) is 0 Å². The van der Waals surface area contributed by atoms with Crippen LogP contribution in [0.2, 0.25) is 10.0 Å². The van der Waals surface area contributed by atoms with Crippen molar-refractivity contribution in [3.05, 3.63) is 58.1 Å². The Balaban J connectivity index is 1.81. The lowest BCUT2D eigenvalue weighted by Crippen LogP contribution is -2.76. The van der Waals surface area contributed by atoms with Gasteiger partial charge in [-0.3, -0.25) is 9.59 Å². The Kier molecular flexibility index (Phi) is 10.7. The van der Waals surface area contributed by atoms with Crippen LogP contribution in [0, 0.1) is 0 Å². The highest BCUT2D eigenvalue weighted by Gasteiger charge is 2.54. The minimum absolute atomic E-state index is 0.00533. The van der Waals surface area contributed by atoms with Gasteiger partial charge in [-0.2, -0.15) is 4.31 Å². The van der Waals surface area contributed by atoms with Gasteiger partial charge in [0.2, 0.25) is 21.8 Å². The molecule has 2 N–H and O–H groups in total. The monoisotopic (exact) mass is 707 g/mol. The van der Waals surface area contributed by atoms with Crippen molar-refractivity contribution < 1.29 is 40.7 Å². The Morgan fingerprint density at radius 2 is 1.70 bits per heavy atom. The molecular weight excluding hydrogens is 674 g/mol. The largest absolute Gasteiger partial charge is 0.573 e. The SMILES string of the molecule is CCC(C)NC(=O)NC1CN(S(=O)(=O)c2ccc(OC(F)(F)F)cc2Cl)C2CN(C(C)C)C(=O)C(Cc3ccc(Cl)cc3)N2C1=O. The summed E-state index contributed by atoms with van der Waals surface area (Å²) in [5.74, 6) is -1.83. The molecule has 0 aliphatic carbocycles. The van der Waals surface area contributed by atoms with E-state index in [9.17, 15) is 36.0 Å². The second-order valence-electron chi connectivity index (χ2n) is 11.4. The van der Waals surface area contributed by atoms with Crippen LogP contribution in [0.15, 0.2) is 47.4 Å². The third kappa shape index (κ3) is 7.81. The number of fused-ring (bicyclic) bond motifs is 1. The summed E-state index contributed by atoms with van der Waals surface area (Å²) in [5.41, 5.74) is 0.641. The van der Waals surface area contributed by atoms with E-state index in [0.717, 1.165) is 22.5 Å². The maximum atomic E-state index is 14.3. The Bertz CT molecular complexity index is 1580. The Morgan fingerprint density at radius 3 is 2.26 bits per heavy atom. The summed E-state index contributed by atoms with van der Waals surface area (Å²) in [6.07, 6.45) is -5.70. The van der Waals surface area contributed by atoms with Gasteiger partial charge < -0.3 is 25.2 Å². The van der Waals surface area contributed by atoms with Crippen LogP contribution in [-0.2, 0) is 26.0 Å². The van der Waals surface area contributed by atoms with E-state index in [1.54, 1.807) is 45.0 Å². The molecule has 11 nitrogen and oxygen atoms in total. The number of nitrogens with one attached hydrogen (secondary N) is 2. The summed E-state index contributed by atoms with van der Waals surface area (Å²) < 4.78 is 71.8. The van der Waals surface area contributed by atoms with Crippen LogP contribution in [0.3, 0.4) is 0 Å². The first-order valence-electron chi connectivity index (χ1n) is 14.4. The quantitative estimate of drug-likeness (QED) is 0.398. The summed E-state index contributed by atoms with van der Waals surface area (Å²) in [6.45, 7) is 6.33.